The van der Waals surface area contributed by atoms with E-state index in [1.54, 1.807) is 0 Å². The van der Waals surface area contributed by atoms with Crippen molar-refractivity contribution in [3.8, 4) is 0 Å². The van der Waals surface area contributed by atoms with Gasteiger partial charge in [0, 0.05) is 13.1 Å². The molecular formula is C13H23NO3. The first-order valence-electron chi connectivity index (χ1n) is 6.75. The first kappa shape index (κ1) is 12.8. The summed E-state index contributed by atoms with van der Waals surface area (Å²) in [6.45, 7) is 5.08. The van der Waals surface area contributed by atoms with Gasteiger partial charge < -0.3 is 9.84 Å². The zero-order valence-corrected chi connectivity index (χ0v) is 10.7. The predicted molar refractivity (Wildman–Crippen MR) is 65.0 cm³/mol. The minimum absolute atomic E-state index is 0.602. The fourth-order valence-electron chi connectivity index (χ4n) is 3.22. The van der Waals surface area contributed by atoms with E-state index in [9.17, 15) is 9.90 Å². The van der Waals surface area contributed by atoms with Crippen molar-refractivity contribution in [1.82, 2.24) is 4.90 Å². The number of nitrogens with zero attached hydrogens (tertiary/aromatic N) is 1. The number of morpholine rings is 1. The first-order chi connectivity index (χ1) is 8.19. The molecule has 0 aromatic carbocycles. The molecule has 0 atom stereocenters. The van der Waals surface area contributed by atoms with Gasteiger partial charge in [-0.3, -0.25) is 9.69 Å². The minimum atomic E-state index is -0.631. The third kappa shape index (κ3) is 2.47. The van der Waals surface area contributed by atoms with Crippen molar-refractivity contribution in [2.24, 2.45) is 5.92 Å². The van der Waals surface area contributed by atoms with Gasteiger partial charge in [-0.1, -0.05) is 13.3 Å². The topological polar surface area (TPSA) is 49.8 Å². The molecule has 1 N–H and O–H groups in total. The van der Waals surface area contributed by atoms with E-state index in [-0.39, 0.29) is 0 Å². The molecule has 0 spiro atoms. The number of rotatable bonds is 3. The van der Waals surface area contributed by atoms with E-state index in [4.69, 9.17) is 4.74 Å². The molecule has 1 heterocycles. The van der Waals surface area contributed by atoms with E-state index in [0.29, 0.717) is 13.2 Å². The summed E-state index contributed by atoms with van der Waals surface area (Å²) in [4.78, 5) is 13.8. The van der Waals surface area contributed by atoms with Crippen LogP contribution in [0, 0.1) is 5.92 Å². The fraction of sp³-hybridized carbons (Fsp3) is 0.923. The Morgan fingerprint density at radius 1 is 1.35 bits per heavy atom. The van der Waals surface area contributed by atoms with Crippen molar-refractivity contribution in [3.05, 3.63) is 0 Å². The lowest BCUT2D eigenvalue weighted by Gasteiger charge is -2.46. The summed E-state index contributed by atoms with van der Waals surface area (Å²) in [6.07, 6.45) is 4.90. The third-order valence-electron chi connectivity index (χ3n) is 4.52. The van der Waals surface area contributed by atoms with Gasteiger partial charge in [-0.15, -0.1) is 0 Å². The molecule has 1 saturated heterocycles. The normalized spacial score (nSPS) is 35.7. The van der Waals surface area contributed by atoms with Crippen molar-refractivity contribution in [3.63, 3.8) is 0 Å². The highest BCUT2D eigenvalue weighted by atomic mass is 16.5. The van der Waals surface area contributed by atoms with Crippen molar-refractivity contribution < 1.29 is 14.6 Å². The molecule has 4 heteroatoms. The Bertz CT molecular complexity index is 266. The van der Waals surface area contributed by atoms with Gasteiger partial charge in [0.05, 0.1) is 13.2 Å². The molecule has 2 rings (SSSR count). The molecule has 1 aliphatic heterocycles. The van der Waals surface area contributed by atoms with Crippen LogP contribution in [0.15, 0.2) is 0 Å². The lowest BCUT2D eigenvalue weighted by molar-refractivity contribution is -0.158. The highest BCUT2D eigenvalue weighted by Crippen LogP contribution is 2.38. The van der Waals surface area contributed by atoms with E-state index in [1.807, 2.05) is 0 Å². The Morgan fingerprint density at radius 2 is 1.94 bits per heavy atom. The Balaban J connectivity index is 2.07. The van der Waals surface area contributed by atoms with Gasteiger partial charge in [-0.25, -0.2) is 0 Å². The average molecular weight is 241 g/mol. The Kier molecular flexibility index (Phi) is 4.05. The van der Waals surface area contributed by atoms with E-state index in [2.05, 4.69) is 11.8 Å². The van der Waals surface area contributed by atoms with Crippen LogP contribution in [0.1, 0.15) is 39.0 Å². The number of hydrogen-bond donors (Lipinski definition) is 1. The number of carboxylic acid groups (broad SMARTS) is 1. The molecule has 4 nitrogen and oxygen atoms in total. The maximum Gasteiger partial charge on any atom is 0.324 e. The average Bonchev–Trinajstić information content (AvgIpc) is 2.39. The highest BCUT2D eigenvalue weighted by Gasteiger charge is 2.46. The van der Waals surface area contributed by atoms with Gasteiger partial charge in [0.25, 0.3) is 0 Å². The third-order valence-corrected chi connectivity index (χ3v) is 4.52. The summed E-state index contributed by atoms with van der Waals surface area (Å²) in [5.74, 6) is 0.0949. The van der Waals surface area contributed by atoms with Crippen LogP contribution in [0.2, 0.25) is 0 Å². The van der Waals surface area contributed by atoms with Crippen molar-refractivity contribution in [1.29, 1.82) is 0 Å². The Hall–Kier alpha value is -0.610. The second kappa shape index (κ2) is 5.36. The van der Waals surface area contributed by atoms with E-state index in [1.165, 1.54) is 6.42 Å². The van der Waals surface area contributed by atoms with Crippen LogP contribution >= 0.6 is 0 Å². The molecule has 0 amide bonds. The van der Waals surface area contributed by atoms with Crippen molar-refractivity contribution in [2.45, 2.75) is 44.6 Å². The predicted octanol–water partition coefficient (Wildman–Crippen LogP) is 1.74. The molecule has 98 valence electrons. The van der Waals surface area contributed by atoms with E-state index >= 15 is 0 Å². The summed E-state index contributed by atoms with van der Waals surface area (Å²) in [5.41, 5.74) is -0.602. The minimum Gasteiger partial charge on any atom is -0.480 e. The summed E-state index contributed by atoms with van der Waals surface area (Å²) < 4.78 is 5.32. The van der Waals surface area contributed by atoms with Crippen LogP contribution in [-0.4, -0.2) is 47.8 Å². The molecule has 0 bridgehead atoms. The Labute approximate surface area is 103 Å². The van der Waals surface area contributed by atoms with Crippen LogP contribution in [-0.2, 0) is 9.53 Å². The standard InChI is InChI=1S/C13H23NO3/c1-2-11-3-5-13(6-4-11,12(15)16)14-7-9-17-10-8-14/h11H,2-10H2,1H3,(H,15,16). The molecule has 1 saturated carbocycles. The zero-order chi connectivity index (χ0) is 12.3. The number of carboxylic acids is 1. The van der Waals surface area contributed by atoms with Gasteiger partial charge in [0.15, 0.2) is 0 Å². The van der Waals surface area contributed by atoms with Crippen LogP contribution in [0.5, 0.6) is 0 Å². The second-order valence-corrected chi connectivity index (χ2v) is 5.29. The van der Waals surface area contributed by atoms with E-state index in [0.717, 1.165) is 44.7 Å². The van der Waals surface area contributed by atoms with Crippen LogP contribution in [0.4, 0.5) is 0 Å². The summed E-state index contributed by atoms with van der Waals surface area (Å²) >= 11 is 0. The lowest BCUT2D eigenvalue weighted by atomic mass is 9.74. The summed E-state index contributed by atoms with van der Waals surface area (Å²) in [6, 6.07) is 0. The van der Waals surface area contributed by atoms with Gasteiger partial charge in [-0.05, 0) is 31.6 Å². The highest BCUT2D eigenvalue weighted by molar-refractivity contribution is 5.79. The molecule has 2 fully saturated rings. The monoisotopic (exact) mass is 241 g/mol. The molecule has 17 heavy (non-hydrogen) atoms. The number of aliphatic carboxylic acids is 1. The van der Waals surface area contributed by atoms with Crippen LogP contribution < -0.4 is 0 Å². The number of carbonyl (C=O) groups is 1. The van der Waals surface area contributed by atoms with E-state index < -0.39 is 11.5 Å². The molecule has 0 radical (unpaired) electrons. The molecule has 0 aromatic heterocycles. The smallest absolute Gasteiger partial charge is 0.324 e. The molecular weight excluding hydrogens is 218 g/mol. The zero-order valence-electron chi connectivity index (χ0n) is 10.7. The fourth-order valence-corrected chi connectivity index (χ4v) is 3.22. The number of ether oxygens (including phenoxy) is 1. The maximum atomic E-state index is 11.7. The quantitative estimate of drug-likeness (QED) is 0.817. The van der Waals surface area contributed by atoms with Gasteiger partial charge >= 0.3 is 5.97 Å². The second-order valence-electron chi connectivity index (χ2n) is 5.29. The SMILES string of the molecule is CCC1CCC(C(=O)O)(N2CCOCC2)CC1. The first-order valence-corrected chi connectivity index (χ1v) is 6.75. The molecule has 0 aromatic rings. The number of hydrogen-bond acceptors (Lipinski definition) is 3. The van der Waals surface area contributed by atoms with Gasteiger partial charge in [0.1, 0.15) is 5.54 Å². The van der Waals surface area contributed by atoms with Gasteiger partial charge in [-0.2, -0.15) is 0 Å². The maximum absolute atomic E-state index is 11.7. The summed E-state index contributed by atoms with van der Waals surface area (Å²) in [5, 5.41) is 9.62. The Morgan fingerprint density at radius 3 is 2.41 bits per heavy atom. The molecule has 2 aliphatic rings. The van der Waals surface area contributed by atoms with Crippen molar-refractivity contribution in [2.75, 3.05) is 26.3 Å². The van der Waals surface area contributed by atoms with Gasteiger partial charge in [0.2, 0.25) is 0 Å². The summed E-state index contributed by atoms with van der Waals surface area (Å²) in [7, 11) is 0. The molecule has 1 aliphatic carbocycles. The largest absolute Gasteiger partial charge is 0.480 e. The van der Waals surface area contributed by atoms with Crippen LogP contribution in [0.3, 0.4) is 0 Å². The lowest BCUT2D eigenvalue weighted by Crippen LogP contribution is -2.59. The van der Waals surface area contributed by atoms with Crippen molar-refractivity contribution >= 4 is 5.97 Å². The molecule has 0 unspecified atom stereocenters. The van der Waals surface area contributed by atoms with Crippen LogP contribution in [0.25, 0.3) is 0 Å².